The lowest BCUT2D eigenvalue weighted by molar-refractivity contribution is -0.142. The van der Waals surface area contributed by atoms with Crippen molar-refractivity contribution in [2.75, 3.05) is 26.2 Å². The second-order valence-electron chi connectivity index (χ2n) is 11.4. The Bertz CT molecular complexity index is 1100. The first kappa shape index (κ1) is 28.1. The summed E-state index contributed by atoms with van der Waals surface area (Å²) in [6.45, 7) is 7.29. The van der Waals surface area contributed by atoms with E-state index in [-0.39, 0.29) is 23.6 Å². The van der Waals surface area contributed by atoms with E-state index in [4.69, 9.17) is 0 Å². The van der Waals surface area contributed by atoms with Gasteiger partial charge in [-0.05, 0) is 67.4 Å². The van der Waals surface area contributed by atoms with Crippen molar-refractivity contribution >= 4 is 28.5 Å². The topological polar surface area (TPSA) is 90.5 Å². The van der Waals surface area contributed by atoms with Crippen molar-refractivity contribution in [3.05, 3.63) is 48.0 Å². The maximum atomic E-state index is 13.5. The fraction of sp³-hybridized carbons (Fsp3) is 0.581. The number of hydrogen-bond donors (Lipinski definition) is 3. The number of carbonyl (C=O) groups excluding carboxylic acids is 3. The van der Waals surface area contributed by atoms with Gasteiger partial charge in [-0.25, -0.2) is 0 Å². The minimum absolute atomic E-state index is 0.0457. The van der Waals surface area contributed by atoms with Crippen LogP contribution in [0, 0.1) is 11.8 Å². The van der Waals surface area contributed by atoms with Gasteiger partial charge in [0, 0.05) is 25.4 Å². The number of rotatable bonds is 12. The molecule has 7 nitrogen and oxygen atoms in total. The summed E-state index contributed by atoms with van der Waals surface area (Å²) in [6, 6.07) is 13.1. The van der Waals surface area contributed by atoms with Gasteiger partial charge in [-0.15, -0.1) is 0 Å². The molecule has 2 aliphatic rings. The number of fused-ring (bicyclic) bond motifs is 1. The van der Waals surface area contributed by atoms with Crippen molar-refractivity contribution in [1.29, 1.82) is 0 Å². The van der Waals surface area contributed by atoms with Crippen LogP contribution >= 0.6 is 0 Å². The Morgan fingerprint density at radius 1 is 0.947 bits per heavy atom. The highest BCUT2D eigenvalue weighted by atomic mass is 16.2. The summed E-state index contributed by atoms with van der Waals surface area (Å²) in [5, 5.41) is 11.7. The van der Waals surface area contributed by atoms with Crippen LogP contribution in [-0.4, -0.2) is 60.9 Å². The molecule has 2 aromatic carbocycles. The lowest BCUT2D eigenvalue weighted by Crippen LogP contribution is -2.54. The number of nitrogens with zero attached hydrogens (tertiary/aromatic N) is 1. The van der Waals surface area contributed by atoms with Gasteiger partial charge in [0.1, 0.15) is 12.1 Å². The van der Waals surface area contributed by atoms with Gasteiger partial charge in [0.25, 0.3) is 0 Å². The average molecular weight is 521 g/mol. The van der Waals surface area contributed by atoms with E-state index in [0.29, 0.717) is 31.8 Å². The molecule has 2 aromatic rings. The second kappa shape index (κ2) is 13.7. The van der Waals surface area contributed by atoms with E-state index >= 15 is 0 Å². The number of hydrogen-bond acceptors (Lipinski definition) is 4. The van der Waals surface area contributed by atoms with Gasteiger partial charge in [0.05, 0.1) is 0 Å². The van der Waals surface area contributed by atoms with Crippen LogP contribution in [0.25, 0.3) is 10.8 Å². The third-order valence-electron chi connectivity index (χ3n) is 7.81. The highest BCUT2D eigenvalue weighted by Crippen LogP contribution is 2.30. The highest BCUT2D eigenvalue weighted by Gasteiger charge is 2.38. The molecule has 206 valence electrons. The van der Waals surface area contributed by atoms with E-state index in [0.717, 1.165) is 68.0 Å². The predicted octanol–water partition coefficient (Wildman–Crippen LogP) is 3.80. The zero-order valence-corrected chi connectivity index (χ0v) is 23.0. The van der Waals surface area contributed by atoms with E-state index in [2.05, 4.69) is 54.1 Å². The molecule has 4 rings (SSSR count). The van der Waals surface area contributed by atoms with E-state index in [1.165, 1.54) is 0 Å². The van der Waals surface area contributed by atoms with Crippen LogP contribution in [0.3, 0.4) is 0 Å². The Hall–Kier alpha value is -2.93. The Kier molecular flexibility index (Phi) is 10.2. The third-order valence-corrected chi connectivity index (χ3v) is 7.81. The molecule has 0 spiro atoms. The number of likely N-dealkylation sites (tertiary alicyclic amines) is 1. The van der Waals surface area contributed by atoms with Crippen LogP contribution in [0.2, 0.25) is 0 Å². The molecule has 2 atom stereocenters. The molecule has 2 fully saturated rings. The first-order chi connectivity index (χ1) is 18.4. The van der Waals surface area contributed by atoms with Gasteiger partial charge in [-0.2, -0.15) is 0 Å². The monoisotopic (exact) mass is 520 g/mol. The molecule has 1 aliphatic carbocycles. The molecule has 1 saturated heterocycles. The van der Waals surface area contributed by atoms with Gasteiger partial charge >= 0.3 is 0 Å². The average Bonchev–Trinajstić information content (AvgIpc) is 3.62. The van der Waals surface area contributed by atoms with Gasteiger partial charge in [-0.1, -0.05) is 69.2 Å². The quantitative estimate of drug-likeness (QED) is 0.372. The zero-order chi connectivity index (χ0) is 26.9. The Labute approximate surface area is 227 Å². The first-order valence-electron chi connectivity index (χ1n) is 14.5. The Balaban J connectivity index is 1.41. The van der Waals surface area contributed by atoms with Crippen LogP contribution in [0.5, 0.6) is 0 Å². The minimum Gasteiger partial charge on any atom is -0.354 e. The molecule has 1 aliphatic heterocycles. The van der Waals surface area contributed by atoms with Crippen molar-refractivity contribution in [2.24, 2.45) is 11.8 Å². The van der Waals surface area contributed by atoms with Gasteiger partial charge in [-0.3, -0.25) is 14.4 Å². The van der Waals surface area contributed by atoms with Crippen molar-refractivity contribution in [3.8, 4) is 0 Å². The normalized spacial score (nSPS) is 18.7. The summed E-state index contributed by atoms with van der Waals surface area (Å²) in [6.07, 6.45) is 6.70. The Morgan fingerprint density at radius 3 is 2.47 bits per heavy atom. The molecule has 0 bridgehead atoms. The van der Waals surface area contributed by atoms with Crippen molar-refractivity contribution in [2.45, 2.75) is 77.3 Å². The van der Waals surface area contributed by atoms with Crippen molar-refractivity contribution < 1.29 is 14.4 Å². The van der Waals surface area contributed by atoms with E-state index < -0.39 is 12.1 Å². The van der Waals surface area contributed by atoms with Crippen LogP contribution < -0.4 is 16.0 Å². The van der Waals surface area contributed by atoms with Crippen LogP contribution in [0.15, 0.2) is 42.5 Å². The molecular formula is C31H44N4O3. The highest BCUT2D eigenvalue weighted by molar-refractivity contribution is 5.93. The number of nitrogens with one attached hydrogen (secondary N) is 3. The SMILES string of the molecule is CC(C)CNCCCNC(=O)[C@@H](Cc1ccc2ccccc2c1)NC(=O)C1CCCN1C(=O)C1CCCC1. The largest absolute Gasteiger partial charge is 0.354 e. The van der Waals surface area contributed by atoms with E-state index in [1.54, 1.807) is 4.90 Å². The molecule has 1 heterocycles. The molecule has 1 unspecified atom stereocenters. The van der Waals surface area contributed by atoms with Crippen LogP contribution in [-0.2, 0) is 20.8 Å². The summed E-state index contributed by atoms with van der Waals surface area (Å²) in [4.78, 5) is 41.7. The van der Waals surface area contributed by atoms with Crippen LogP contribution in [0.1, 0.15) is 64.4 Å². The summed E-state index contributed by atoms with van der Waals surface area (Å²) in [5.41, 5.74) is 0.994. The molecule has 3 amide bonds. The van der Waals surface area contributed by atoms with Crippen molar-refractivity contribution in [1.82, 2.24) is 20.9 Å². The molecule has 3 N–H and O–H groups in total. The number of benzene rings is 2. The van der Waals surface area contributed by atoms with Gasteiger partial charge in [0.2, 0.25) is 17.7 Å². The fourth-order valence-electron chi connectivity index (χ4n) is 5.73. The second-order valence-corrected chi connectivity index (χ2v) is 11.4. The predicted molar refractivity (Wildman–Crippen MR) is 152 cm³/mol. The summed E-state index contributed by atoms with van der Waals surface area (Å²) in [5.74, 6) is 0.353. The third kappa shape index (κ3) is 7.56. The maximum absolute atomic E-state index is 13.5. The van der Waals surface area contributed by atoms with Gasteiger partial charge in [0.15, 0.2) is 0 Å². The zero-order valence-electron chi connectivity index (χ0n) is 23.0. The standard InChI is InChI=1S/C31H44N4O3/c1-22(2)21-32-16-8-17-33-29(36)27(20-23-14-15-24-9-3-6-12-26(24)19-23)34-30(37)28-13-7-18-35(28)31(38)25-10-4-5-11-25/h3,6,9,12,14-15,19,22,25,27-28,32H,4-5,7-8,10-11,13,16-18,20-21H2,1-2H3,(H,33,36)(H,34,37)/t27-,28?/m1/s1. The summed E-state index contributed by atoms with van der Waals surface area (Å²) in [7, 11) is 0. The van der Waals surface area contributed by atoms with Gasteiger partial charge < -0.3 is 20.9 Å². The van der Waals surface area contributed by atoms with Crippen LogP contribution in [0.4, 0.5) is 0 Å². The molecular weight excluding hydrogens is 476 g/mol. The molecule has 7 heteroatoms. The molecule has 0 aromatic heterocycles. The smallest absolute Gasteiger partial charge is 0.243 e. The molecule has 1 saturated carbocycles. The fourth-order valence-corrected chi connectivity index (χ4v) is 5.73. The number of carbonyl (C=O) groups is 3. The lowest BCUT2D eigenvalue weighted by atomic mass is 10.0. The maximum Gasteiger partial charge on any atom is 0.243 e. The van der Waals surface area contributed by atoms with Crippen molar-refractivity contribution in [3.63, 3.8) is 0 Å². The molecule has 38 heavy (non-hydrogen) atoms. The minimum atomic E-state index is -0.698. The first-order valence-corrected chi connectivity index (χ1v) is 14.5. The van der Waals surface area contributed by atoms with E-state index in [9.17, 15) is 14.4 Å². The number of amides is 3. The lowest BCUT2D eigenvalue weighted by Gasteiger charge is -2.28. The Morgan fingerprint density at radius 2 is 1.71 bits per heavy atom. The molecule has 0 radical (unpaired) electrons. The van der Waals surface area contributed by atoms with E-state index in [1.807, 2.05) is 18.2 Å². The summed E-state index contributed by atoms with van der Waals surface area (Å²) >= 11 is 0. The summed E-state index contributed by atoms with van der Waals surface area (Å²) < 4.78 is 0.